The second kappa shape index (κ2) is 9.12. The molecule has 11 rings (SSSR count). The van der Waals surface area contributed by atoms with Crippen LogP contribution in [0, 0.1) is 0 Å². The fraction of sp³-hybridized carbons (Fsp3) is 0. The third kappa shape index (κ3) is 3.35. The van der Waals surface area contributed by atoms with Crippen molar-refractivity contribution >= 4 is 87.4 Å². The van der Waals surface area contributed by atoms with Gasteiger partial charge in [0.2, 0.25) is 0 Å². The molecule has 0 N–H and O–H groups in total. The summed E-state index contributed by atoms with van der Waals surface area (Å²) < 4.78 is 19.3. The molecule has 0 aliphatic heterocycles. The van der Waals surface area contributed by atoms with E-state index in [1.807, 2.05) is 24.3 Å². The molecule has 0 unspecified atom stereocenters. The van der Waals surface area contributed by atoms with Gasteiger partial charge in [0, 0.05) is 26.9 Å². The zero-order valence-corrected chi connectivity index (χ0v) is 25.1. The maximum atomic E-state index is 6.55. The van der Waals surface area contributed by atoms with Crippen molar-refractivity contribution in [3.05, 3.63) is 146 Å². The van der Waals surface area contributed by atoms with E-state index in [0.29, 0.717) is 0 Å². The predicted molar refractivity (Wildman–Crippen MR) is 194 cm³/mol. The minimum atomic E-state index is 0.828. The molecule has 3 heteroatoms. The molecule has 3 aromatic heterocycles. The molecule has 218 valence electrons. The van der Waals surface area contributed by atoms with Crippen LogP contribution in [0.15, 0.2) is 159 Å². The van der Waals surface area contributed by atoms with Crippen LogP contribution in [0.25, 0.3) is 110 Å². The van der Waals surface area contributed by atoms with E-state index in [4.69, 9.17) is 13.3 Å². The molecule has 0 atom stereocenters. The number of fused-ring (bicyclic) bond motifs is 12. The molecular formula is C44H24O3. The molecule has 3 nitrogen and oxygen atoms in total. The van der Waals surface area contributed by atoms with Gasteiger partial charge in [0.25, 0.3) is 0 Å². The van der Waals surface area contributed by atoms with Crippen LogP contribution in [0.3, 0.4) is 0 Å². The highest BCUT2D eigenvalue weighted by Crippen LogP contribution is 2.48. The molecule has 0 fully saturated rings. The highest BCUT2D eigenvalue weighted by atomic mass is 16.3. The number of furan rings is 3. The zero-order valence-electron chi connectivity index (χ0n) is 25.1. The normalized spacial score (nSPS) is 12.3. The largest absolute Gasteiger partial charge is 0.456 e. The van der Waals surface area contributed by atoms with Crippen molar-refractivity contribution in [1.29, 1.82) is 0 Å². The van der Waals surface area contributed by atoms with Crippen molar-refractivity contribution < 1.29 is 13.3 Å². The molecule has 0 amide bonds. The van der Waals surface area contributed by atoms with Gasteiger partial charge in [0.15, 0.2) is 0 Å². The first-order chi connectivity index (χ1) is 23.3. The summed E-state index contributed by atoms with van der Waals surface area (Å²) >= 11 is 0. The number of para-hydroxylation sites is 2. The fourth-order valence-electron chi connectivity index (χ4n) is 7.91. The summed E-state index contributed by atoms with van der Waals surface area (Å²) in [5.41, 5.74) is 9.93. The molecule has 0 radical (unpaired) electrons. The van der Waals surface area contributed by atoms with Gasteiger partial charge in [-0.2, -0.15) is 0 Å². The van der Waals surface area contributed by atoms with Gasteiger partial charge >= 0.3 is 0 Å². The molecule has 0 spiro atoms. The minimum absolute atomic E-state index is 0.828. The van der Waals surface area contributed by atoms with Crippen LogP contribution in [0.2, 0.25) is 0 Å². The van der Waals surface area contributed by atoms with Crippen molar-refractivity contribution in [2.24, 2.45) is 0 Å². The molecule has 0 aliphatic rings. The fourth-order valence-corrected chi connectivity index (χ4v) is 7.91. The molecule has 47 heavy (non-hydrogen) atoms. The van der Waals surface area contributed by atoms with E-state index in [1.165, 1.54) is 38.2 Å². The van der Waals surface area contributed by atoms with Crippen LogP contribution in [0.1, 0.15) is 0 Å². The Balaban J connectivity index is 1.22. The maximum Gasteiger partial charge on any atom is 0.147 e. The molecule has 11 aromatic rings. The van der Waals surface area contributed by atoms with Crippen molar-refractivity contribution in [2.45, 2.75) is 0 Å². The maximum absolute atomic E-state index is 6.55. The third-order valence-electron chi connectivity index (χ3n) is 9.87. The summed E-state index contributed by atoms with van der Waals surface area (Å²) in [4.78, 5) is 0. The van der Waals surface area contributed by atoms with Crippen molar-refractivity contribution in [3.8, 4) is 22.3 Å². The van der Waals surface area contributed by atoms with E-state index in [-0.39, 0.29) is 0 Å². The van der Waals surface area contributed by atoms with E-state index in [0.717, 1.165) is 71.4 Å². The van der Waals surface area contributed by atoms with E-state index in [9.17, 15) is 0 Å². The Morgan fingerprint density at radius 1 is 0.298 bits per heavy atom. The highest BCUT2D eigenvalue weighted by molar-refractivity contribution is 6.27. The monoisotopic (exact) mass is 600 g/mol. The Labute approximate surface area is 267 Å². The third-order valence-corrected chi connectivity index (χ3v) is 9.87. The average Bonchev–Trinajstić information content (AvgIpc) is 3.81. The Kier molecular flexibility index (Phi) is 4.84. The van der Waals surface area contributed by atoms with Gasteiger partial charge < -0.3 is 13.3 Å². The first kappa shape index (κ1) is 24.9. The Hall–Kier alpha value is -6.32. The second-order valence-corrected chi connectivity index (χ2v) is 12.3. The zero-order chi connectivity index (χ0) is 30.6. The van der Waals surface area contributed by atoms with Gasteiger partial charge in [0.05, 0.1) is 5.39 Å². The summed E-state index contributed by atoms with van der Waals surface area (Å²) in [6, 6.07) is 51.3. The van der Waals surface area contributed by atoms with Crippen LogP contribution in [0.4, 0.5) is 0 Å². The van der Waals surface area contributed by atoms with E-state index in [2.05, 4.69) is 121 Å². The topological polar surface area (TPSA) is 39.4 Å². The summed E-state index contributed by atoms with van der Waals surface area (Å²) in [6.07, 6.45) is 0. The molecule has 0 aliphatic carbocycles. The van der Waals surface area contributed by atoms with Crippen LogP contribution in [0.5, 0.6) is 0 Å². The Bertz CT molecular complexity index is 3020. The van der Waals surface area contributed by atoms with Gasteiger partial charge in [-0.25, -0.2) is 0 Å². The molecule has 0 saturated heterocycles. The molecule has 0 bridgehead atoms. The second-order valence-electron chi connectivity index (χ2n) is 12.3. The van der Waals surface area contributed by atoms with Crippen LogP contribution < -0.4 is 0 Å². The average molecular weight is 601 g/mol. The van der Waals surface area contributed by atoms with Crippen LogP contribution in [-0.2, 0) is 0 Å². The number of benzene rings is 8. The number of rotatable bonds is 2. The van der Waals surface area contributed by atoms with E-state index < -0.39 is 0 Å². The quantitative estimate of drug-likeness (QED) is 0.185. The summed E-state index contributed by atoms with van der Waals surface area (Å²) in [6.45, 7) is 0. The molecular weight excluding hydrogens is 576 g/mol. The summed E-state index contributed by atoms with van der Waals surface area (Å²) in [7, 11) is 0. The number of hydrogen-bond acceptors (Lipinski definition) is 3. The van der Waals surface area contributed by atoms with Gasteiger partial charge in [-0.15, -0.1) is 0 Å². The molecule has 3 heterocycles. The summed E-state index contributed by atoms with van der Waals surface area (Å²) in [5.74, 6) is 0. The van der Waals surface area contributed by atoms with Crippen LogP contribution >= 0.6 is 0 Å². The van der Waals surface area contributed by atoms with Crippen LogP contribution in [-0.4, -0.2) is 0 Å². The van der Waals surface area contributed by atoms with Gasteiger partial charge in [-0.3, -0.25) is 0 Å². The first-order valence-corrected chi connectivity index (χ1v) is 15.9. The lowest BCUT2D eigenvalue weighted by Crippen LogP contribution is -1.91. The summed E-state index contributed by atoms with van der Waals surface area (Å²) in [5, 5.41) is 11.4. The van der Waals surface area contributed by atoms with Gasteiger partial charge in [0.1, 0.15) is 33.5 Å². The van der Waals surface area contributed by atoms with Gasteiger partial charge in [-0.1, -0.05) is 103 Å². The first-order valence-electron chi connectivity index (χ1n) is 15.9. The molecule has 8 aromatic carbocycles. The van der Waals surface area contributed by atoms with Crippen molar-refractivity contribution in [2.75, 3.05) is 0 Å². The lowest BCUT2D eigenvalue weighted by molar-refractivity contribution is 0.663. The van der Waals surface area contributed by atoms with Crippen molar-refractivity contribution in [3.63, 3.8) is 0 Å². The lowest BCUT2D eigenvalue weighted by Gasteiger charge is -2.18. The van der Waals surface area contributed by atoms with Crippen molar-refractivity contribution in [1.82, 2.24) is 0 Å². The van der Waals surface area contributed by atoms with E-state index >= 15 is 0 Å². The Morgan fingerprint density at radius 3 is 1.57 bits per heavy atom. The predicted octanol–water partition coefficient (Wildman–Crippen LogP) is 13.0. The minimum Gasteiger partial charge on any atom is -0.456 e. The smallest absolute Gasteiger partial charge is 0.147 e. The van der Waals surface area contributed by atoms with E-state index in [1.54, 1.807) is 0 Å². The molecule has 0 saturated carbocycles. The lowest BCUT2D eigenvalue weighted by atomic mass is 9.85. The number of hydrogen-bond donors (Lipinski definition) is 0. The Morgan fingerprint density at radius 2 is 0.830 bits per heavy atom. The SMILES string of the molecule is c1ccc2c(c1)oc1c2ccc2oc3cc(-c4c5ccccc5c(-c5cccc6oc7ccccc7c56)c5ccccc45)ccc3c21. The van der Waals surface area contributed by atoms with Gasteiger partial charge in [-0.05, 0) is 86.3 Å². The highest BCUT2D eigenvalue weighted by Gasteiger charge is 2.21. The standard InChI is InChI=1S/C44H24O3/c1-3-13-29-27(11-1)40(25-20-21-33-39(24-25)46-38-23-22-31-26-10-5-7-17-35(26)47-44(31)43(33)38)28-12-2-4-14-30(28)41(29)34-16-9-19-37-42(34)32-15-6-8-18-36(32)45-37/h1-24H.